The Bertz CT molecular complexity index is 770. The summed E-state index contributed by atoms with van der Waals surface area (Å²) >= 11 is 0. The lowest BCUT2D eigenvalue weighted by molar-refractivity contribution is 0.517. The maximum Gasteiger partial charge on any atom is 0.224 e. The van der Waals surface area contributed by atoms with Crippen LogP contribution in [-0.2, 0) is 13.0 Å². The summed E-state index contributed by atoms with van der Waals surface area (Å²) in [5, 5.41) is 3.19. The van der Waals surface area contributed by atoms with E-state index in [1.165, 1.54) is 11.3 Å². The van der Waals surface area contributed by atoms with Crippen molar-refractivity contribution in [3.8, 4) is 0 Å². The molecule has 0 saturated carbocycles. The fourth-order valence-corrected chi connectivity index (χ4v) is 2.74. The number of furan rings is 1. The second-order valence-electron chi connectivity index (χ2n) is 5.20. The number of aromatic nitrogens is 2. The number of nitrogens with one attached hydrogen (secondary N) is 1. The first-order valence-electron chi connectivity index (χ1n) is 7.35. The molecule has 1 aromatic carbocycles. The van der Waals surface area contributed by atoms with Crippen molar-refractivity contribution in [2.75, 3.05) is 16.8 Å². The summed E-state index contributed by atoms with van der Waals surface area (Å²) in [4.78, 5) is 11.1. The van der Waals surface area contributed by atoms with E-state index in [0.717, 1.165) is 24.5 Å². The predicted molar refractivity (Wildman–Crippen MR) is 85.2 cm³/mol. The Morgan fingerprint density at radius 3 is 3.00 bits per heavy atom. The van der Waals surface area contributed by atoms with Crippen molar-refractivity contribution in [1.29, 1.82) is 0 Å². The molecule has 5 heteroatoms. The maximum absolute atomic E-state index is 5.30. The lowest BCUT2D eigenvalue weighted by Crippen LogP contribution is -2.16. The molecule has 1 aliphatic rings. The average molecular weight is 292 g/mol. The molecule has 110 valence electrons. The monoisotopic (exact) mass is 292 g/mol. The summed E-state index contributed by atoms with van der Waals surface area (Å²) in [7, 11) is 0. The Kier molecular flexibility index (Phi) is 3.23. The van der Waals surface area contributed by atoms with Gasteiger partial charge in [0.05, 0.1) is 12.8 Å². The molecule has 1 N–H and O–H groups in total. The number of hydrogen-bond donors (Lipinski definition) is 1. The second kappa shape index (κ2) is 5.52. The highest BCUT2D eigenvalue weighted by atomic mass is 16.3. The molecule has 0 aliphatic carbocycles. The third kappa shape index (κ3) is 2.41. The summed E-state index contributed by atoms with van der Waals surface area (Å²) in [5.41, 5.74) is 2.60. The first-order chi connectivity index (χ1) is 10.9. The van der Waals surface area contributed by atoms with E-state index in [2.05, 4.69) is 44.5 Å². The molecular formula is C17H16N4O. The van der Waals surface area contributed by atoms with Gasteiger partial charge in [-0.05, 0) is 36.2 Å². The molecule has 5 nitrogen and oxygen atoms in total. The molecule has 3 heterocycles. The van der Waals surface area contributed by atoms with E-state index < -0.39 is 0 Å². The Labute approximate surface area is 128 Å². The molecule has 0 unspecified atom stereocenters. The van der Waals surface area contributed by atoms with Crippen molar-refractivity contribution >= 4 is 17.5 Å². The van der Waals surface area contributed by atoms with E-state index >= 15 is 0 Å². The van der Waals surface area contributed by atoms with Gasteiger partial charge in [0.25, 0.3) is 0 Å². The molecule has 3 aromatic rings. The van der Waals surface area contributed by atoms with Gasteiger partial charge in [0, 0.05) is 18.4 Å². The smallest absolute Gasteiger partial charge is 0.224 e. The third-order valence-corrected chi connectivity index (χ3v) is 3.81. The van der Waals surface area contributed by atoms with Crippen LogP contribution in [0.5, 0.6) is 0 Å². The maximum atomic E-state index is 5.30. The Morgan fingerprint density at radius 1 is 1.14 bits per heavy atom. The minimum Gasteiger partial charge on any atom is -0.467 e. The lowest BCUT2D eigenvalue weighted by atomic mass is 10.2. The number of nitrogens with zero attached hydrogens (tertiary/aromatic N) is 3. The summed E-state index contributed by atoms with van der Waals surface area (Å²) in [6, 6.07) is 14.2. The van der Waals surface area contributed by atoms with E-state index in [1.807, 2.05) is 18.2 Å². The van der Waals surface area contributed by atoms with Crippen LogP contribution in [0.3, 0.4) is 0 Å². The molecule has 1 aliphatic heterocycles. The highest BCUT2D eigenvalue weighted by Gasteiger charge is 2.20. The number of fused-ring (bicyclic) bond motifs is 1. The van der Waals surface area contributed by atoms with Crippen LogP contribution < -0.4 is 10.2 Å². The Hall–Kier alpha value is -2.82. The number of hydrogen-bond acceptors (Lipinski definition) is 5. The minimum atomic E-state index is 0.576. The first-order valence-corrected chi connectivity index (χ1v) is 7.35. The van der Waals surface area contributed by atoms with Crippen molar-refractivity contribution in [3.63, 3.8) is 0 Å². The quantitative estimate of drug-likeness (QED) is 0.799. The van der Waals surface area contributed by atoms with Crippen LogP contribution in [0.4, 0.5) is 17.5 Å². The van der Waals surface area contributed by atoms with E-state index in [-0.39, 0.29) is 0 Å². The zero-order valence-electron chi connectivity index (χ0n) is 12.1. The molecule has 0 fully saturated rings. The largest absolute Gasteiger partial charge is 0.467 e. The Balaban J connectivity index is 1.55. The summed E-state index contributed by atoms with van der Waals surface area (Å²) in [5.74, 6) is 2.39. The third-order valence-electron chi connectivity index (χ3n) is 3.81. The predicted octanol–water partition coefficient (Wildman–Crippen LogP) is 3.38. The van der Waals surface area contributed by atoms with Gasteiger partial charge < -0.3 is 14.6 Å². The van der Waals surface area contributed by atoms with E-state index in [1.54, 1.807) is 12.5 Å². The molecular weight excluding hydrogens is 276 g/mol. The normalized spacial score (nSPS) is 13.2. The van der Waals surface area contributed by atoms with Crippen molar-refractivity contribution in [3.05, 3.63) is 66.2 Å². The van der Waals surface area contributed by atoms with Gasteiger partial charge in [0.1, 0.15) is 11.6 Å². The molecule has 0 spiro atoms. The molecule has 0 atom stereocenters. The highest BCUT2D eigenvalue weighted by molar-refractivity contribution is 5.67. The first kappa shape index (κ1) is 12.9. The minimum absolute atomic E-state index is 0.576. The molecule has 0 saturated heterocycles. The number of para-hydroxylation sites is 1. The van der Waals surface area contributed by atoms with Crippen molar-refractivity contribution in [2.45, 2.75) is 13.0 Å². The fraction of sp³-hybridized carbons (Fsp3) is 0.176. The molecule has 0 amide bonds. The van der Waals surface area contributed by atoms with Crippen molar-refractivity contribution in [2.24, 2.45) is 0 Å². The average Bonchev–Trinajstić information content (AvgIpc) is 3.23. The van der Waals surface area contributed by atoms with Gasteiger partial charge >= 0.3 is 0 Å². The van der Waals surface area contributed by atoms with Crippen molar-refractivity contribution < 1.29 is 4.42 Å². The van der Waals surface area contributed by atoms with Crippen LogP contribution in [0.15, 0.2) is 59.3 Å². The van der Waals surface area contributed by atoms with Gasteiger partial charge in [0.2, 0.25) is 5.95 Å². The van der Waals surface area contributed by atoms with Crippen LogP contribution in [0.25, 0.3) is 0 Å². The zero-order chi connectivity index (χ0) is 14.8. The van der Waals surface area contributed by atoms with Gasteiger partial charge in [-0.25, -0.2) is 4.98 Å². The number of anilines is 3. The van der Waals surface area contributed by atoms with Crippen LogP contribution in [0.2, 0.25) is 0 Å². The van der Waals surface area contributed by atoms with Gasteiger partial charge in [0.15, 0.2) is 0 Å². The highest BCUT2D eigenvalue weighted by Crippen LogP contribution is 2.33. The number of benzene rings is 1. The van der Waals surface area contributed by atoms with Crippen LogP contribution in [0.1, 0.15) is 11.3 Å². The standard InChI is InChI=1S/C17H16N4O/c1-2-6-15-13(4-1)8-10-21(15)16-7-9-18-17(20-16)19-12-14-5-3-11-22-14/h1-7,9,11H,8,10,12H2,(H,18,19,20). The van der Waals surface area contributed by atoms with Gasteiger partial charge in [-0.3, -0.25) is 0 Å². The van der Waals surface area contributed by atoms with Crippen molar-refractivity contribution in [1.82, 2.24) is 9.97 Å². The van der Waals surface area contributed by atoms with E-state index in [0.29, 0.717) is 12.5 Å². The van der Waals surface area contributed by atoms with Crippen LogP contribution in [-0.4, -0.2) is 16.5 Å². The van der Waals surface area contributed by atoms with Gasteiger partial charge in [-0.15, -0.1) is 0 Å². The summed E-state index contributed by atoms with van der Waals surface area (Å²) < 4.78 is 5.30. The van der Waals surface area contributed by atoms with E-state index in [4.69, 9.17) is 4.42 Å². The zero-order valence-corrected chi connectivity index (χ0v) is 12.1. The second-order valence-corrected chi connectivity index (χ2v) is 5.20. The fourth-order valence-electron chi connectivity index (χ4n) is 2.74. The topological polar surface area (TPSA) is 54.2 Å². The number of rotatable bonds is 4. The van der Waals surface area contributed by atoms with Gasteiger partial charge in [-0.1, -0.05) is 18.2 Å². The Morgan fingerprint density at radius 2 is 2.09 bits per heavy atom. The van der Waals surface area contributed by atoms with E-state index in [9.17, 15) is 0 Å². The molecule has 2 aromatic heterocycles. The molecule has 22 heavy (non-hydrogen) atoms. The summed E-state index contributed by atoms with van der Waals surface area (Å²) in [6.45, 7) is 1.53. The van der Waals surface area contributed by atoms with Crippen LogP contribution in [0, 0.1) is 0 Å². The lowest BCUT2D eigenvalue weighted by Gasteiger charge is -2.18. The molecule has 4 rings (SSSR count). The summed E-state index contributed by atoms with van der Waals surface area (Å²) in [6.07, 6.45) is 4.50. The molecule has 0 radical (unpaired) electrons. The SMILES string of the molecule is c1coc(CNc2nccc(N3CCc4ccccc43)n2)c1. The van der Waals surface area contributed by atoms with Crippen LogP contribution >= 0.6 is 0 Å². The molecule has 0 bridgehead atoms. The van der Waals surface area contributed by atoms with Gasteiger partial charge in [-0.2, -0.15) is 4.98 Å².